The number of carbonyl (C=O) groups excluding carboxylic acids is 1. The summed E-state index contributed by atoms with van der Waals surface area (Å²) in [6.45, 7) is 6.51. The normalized spacial score (nSPS) is 17.0. The van der Waals surface area contributed by atoms with Crippen LogP contribution >= 0.6 is 0 Å². The van der Waals surface area contributed by atoms with Crippen molar-refractivity contribution in [1.29, 1.82) is 0 Å². The summed E-state index contributed by atoms with van der Waals surface area (Å²) in [5.74, 6) is 0.981. The maximum Gasteiger partial charge on any atom is 0.257 e. The van der Waals surface area contributed by atoms with Gasteiger partial charge >= 0.3 is 0 Å². The molecule has 1 aliphatic rings. The zero-order valence-electron chi connectivity index (χ0n) is 14.1. The second-order valence-electron chi connectivity index (χ2n) is 6.44. The van der Waals surface area contributed by atoms with Crippen LogP contribution in [0, 0.1) is 20.8 Å². The fourth-order valence-electron chi connectivity index (χ4n) is 3.43. The predicted molar refractivity (Wildman–Crippen MR) is 89.0 cm³/mol. The van der Waals surface area contributed by atoms with Crippen molar-refractivity contribution in [2.45, 2.75) is 46.2 Å². The molecule has 24 heavy (non-hydrogen) atoms. The van der Waals surface area contributed by atoms with E-state index in [1.807, 2.05) is 39.2 Å². The number of hydrogen-bond donors (Lipinski definition) is 1. The number of rotatable bonds is 2. The number of hydrogen-bond acceptors (Lipinski definition) is 4. The van der Waals surface area contributed by atoms with E-state index in [1.165, 1.54) is 0 Å². The number of aryl methyl sites for hydroxylation is 4. The van der Waals surface area contributed by atoms with E-state index in [1.54, 1.807) is 4.52 Å². The molecule has 7 nitrogen and oxygen atoms in total. The number of aromatic nitrogens is 5. The first-order valence-corrected chi connectivity index (χ1v) is 8.17. The molecule has 3 aromatic rings. The second-order valence-corrected chi connectivity index (χ2v) is 6.44. The highest BCUT2D eigenvalue weighted by atomic mass is 16.1. The van der Waals surface area contributed by atoms with Gasteiger partial charge < -0.3 is 9.88 Å². The van der Waals surface area contributed by atoms with Gasteiger partial charge in [0.25, 0.3) is 5.91 Å². The summed E-state index contributed by atoms with van der Waals surface area (Å²) in [6.07, 6.45) is 5.54. The minimum Gasteiger partial charge on any atom is -0.347 e. The van der Waals surface area contributed by atoms with E-state index in [4.69, 9.17) is 0 Å². The van der Waals surface area contributed by atoms with Crippen molar-refractivity contribution in [3.05, 3.63) is 46.9 Å². The number of nitrogens with one attached hydrogen (secondary N) is 1. The summed E-state index contributed by atoms with van der Waals surface area (Å²) in [6, 6.07) is 2.06. The third-order valence-electron chi connectivity index (χ3n) is 4.57. The van der Waals surface area contributed by atoms with Gasteiger partial charge in [0.05, 0.1) is 5.69 Å². The first-order chi connectivity index (χ1) is 11.5. The molecule has 124 valence electrons. The van der Waals surface area contributed by atoms with Crippen molar-refractivity contribution >= 4 is 11.6 Å². The molecule has 1 atom stereocenters. The van der Waals surface area contributed by atoms with Crippen molar-refractivity contribution in [3.8, 4) is 0 Å². The number of fused-ring (bicyclic) bond motifs is 2. The van der Waals surface area contributed by atoms with Gasteiger partial charge in [0, 0.05) is 42.8 Å². The van der Waals surface area contributed by atoms with Crippen LogP contribution in [0.5, 0.6) is 0 Å². The standard InChI is InChI=1S/C17H20N6O/c1-10-8-11(2)23-16(19-10)15(12(3)21-23)17(24)20-13-4-5-14-18-6-7-22(14)9-13/h6-8,13H,4-5,9H2,1-3H3,(H,20,24)/t13-/m0/s1. The van der Waals surface area contributed by atoms with Crippen molar-refractivity contribution in [1.82, 2.24) is 29.5 Å². The zero-order valence-corrected chi connectivity index (χ0v) is 14.1. The van der Waals surface area contributed by atoms with Gasteiger partial charge in [-0.1, -0.05) is 0 Å². The first-order valence-electron chi connectivity index (χ1n) is 8.17. The Kier molecular flexibility index (Phi) is 3.37. The molecule has 4 heterocycles. The summed E-state index contributed by atoms with van der Waals surface area (Å²) in [4.78, 5) is 21.7. The fraction of sp³-hybridized carbons (Fsp3) is 0.412. The smallest absolute Gasteiger partial charge is 0.257 e. The molecule has 0 unspecified atom stereocenters. The van der Waals surface area contributed by atoms with E-state index >= 15 is 0 Å². The molecule has 4 rings (SSSR count). The van der Waals surface area contributed by atoms with Gasteiger partial charge in [-0.25, -0.2) is 14.5 Å². The Labute approximate surface area is 139 Å². The van der Waals surface area contributed by atoms with Crippen LogP contribution < -0.4 is 5.32 Å². The van der Waals surface area contributed by atoms with Crippen LogP contribution in [0.3, 0.4) is 0 Å². The molecule has 1 amide bonds. The van der Waals surface area contributed by atoms with Crippen LogP contribution in [0.1, 0.15) is 39.7 Å². The Balaban J connectivity index is 1.63. The summed E-state index contributed by atoms with van der Waals surface area (Å²) in [7, 11) is 0. The van der Waals surface area contributed by atoms with E-state index in [-0.39, 0.29) is 11.9 Å². The number of amides is 1. The molecule has 0 saturated carbocycles. The lowest BCUT2D eigenvalue weighted by Crippen LogP contribution is -2.41. The summed E-state index contributed by atoms with van der Waals surface area (Å²) < 4.78 is 3.84. The molecule has 1 N–H and O–H groups in total. The fourth-order valence-corrected chi connectivity index (χ4v) is 3.43. The molecule has 0 aromatic carbocycles. The van der Waals surface area contributed by atoms with Crippen LogP contribution in [0.2, 0.25) is 0 Å². The van der Waals surface area contributed by atoms with Crippen LogP contribution in [0.4, 0.5) is 0 Å². The van der Waals surface area contributed by atoms with E-state index in [0.717, 1.165) is 36.6 Å². The SMILES string of the molecule is Cc1cc(C)n2nc(C)c(C(=O)N[C@H]3CCc4nccn4C3)c2n1. The Morgan fingerprint density at radius 3 is 3.00 bits per heavy atom. The van der Waals surface area contributed by atoms with Crippen molar-refractivity contribution in [2.75, 3.05) is 0 Å². The summed E-state index contributed by atoms with van der Waals surface area (Å²) in [5, 5.41) is 7.62. The lowest BCUT2D eigenvalue weighted by Gasteiger charge is -2.24. The Hall–Kier alpha value is -2.70. The maximum absolute atomic E-state index is 12.9. The van der Waals surface area contributed by atoms with Gasteiger partial charge in [0.15, 0.2) is 5.65 Å². The monoisotopic (exact) mass is 324 g/mol. The topological polar surface area (TPSA) is 77.1 Å². The molecule has 1 aliphatic heterocycles. The molecule has 7 heteroatoms. The highest BCUT2D eigenvalue weighted by molar-refractivity contribution is 6.01. The number of nitrogens with zero attached hydrogens (tertiary/aromatic N) is 5. The van der Waals surface area contributed by atoms with Gasteiger partial charge in [-0.2, -0.15) is 5.10 Å². The largest absolute Gasteiger partial charge is 0.347 e. The lowest BCUT2D eigenvalue weighted by atomic mass is 10.1. The Morgan fingerprint density at radius 2 is 2.17 bits per heavy atom. The van der Waals surface area contributed by atoms with E-state index in [9.17, 15) is 4.79 Å². The predicted octanol–water partition coefficient (Wildman–Crippen LogP) is 1.60. The summed E-state index contributed by atoms with van der Waals surface area (Å²) >= 11 is 0. The average Bonchev–Trinajstić information content (AvgIpc) is 3.10. The van der Waals surface area contributed by atoms with E-state index in [0.29, 0.717) is 16.9 Å². The minimum absolute atomic E-state index is 0.0967. The van der Waals surface area contributed by atoms with Gasteiger partial charge in [0.2, 0.25) is 0 Å². The van der Waals surface area contributed by atoms with Crippen molar-refractivity contribution in [3.63, 3.8) is 0 Å². The molecule has 0 aliphatic carbocycles. The van der Waals surface area contributed by atoms with Crippen molar-refractivity contribution < 1.29 is 4.79 Å². The molecule has 0 spiro atoms. The molecule has 0 bridgehead atoms. The van der Waals surface area contributed by atoms with Crippen molar-refractivity contribution in [2.24, 2.45) is 0 Å². The maximum atomic E-state index is 12.9. The van der Waals surface area contributed by atoms with Crippen LogP contribution in [0.25, 0.3) is 5.65 Å². The zero-order chi connectivity index (χ0) is 16.8. The Morgan fingerprint density at radius 1 is 1.33 bits per heavy atom. The third kappa shape index (κ3) is 2.36. The highest BCUT2D eigenvalue weighted by Gasteiger charge is 2.24. The van der Waals surface area contributed by atoms with E-state index < -0.39 is 0 Å². The molecular formula is C17H20N6O. The molecule has 0 radical (unpaired) electrons. The lowest BCUT2D eigenvalue weighted by molar-refractivity contribution is 0.0928. The average molecular weight is 324 g/mol. The van der Waals surface area contributed by atoms with Gasteiger partial charge in [0.1, 0.15) is 11.4 Å². The highest BCUT2D eigenvalue weighted by Crippen LogP contribution is 2.18. The van der Waals surface area contributed by atoms with Gasteiger partial charge in [-0.15, -0.1) is 0 Å². The number of imidazole rings is 1. The first kappa shape index (κ1) is 14.9. The molecule has 0 fully saturated rings. The van der Waals surface area contributed by atoms with Gasteiger partial charge in [-0.3, -0.25) is 4.79 Å². The molecule has 3 aromatic heterocycles. The molecular weight excluding hydrogens is 304 g/mol. The number of carbonyl (C=O) groups is 1. The quantitative estimate of drug-likeness (QED) is 0.777. The molecule has 0 saturated heterocycles. The Bertz CT molecular complexity index is 938. The second kappa shape index (κ2) is 5.43. The minimum atomic E-state index is -0.103. The van der Waals surface area contributed by atoms with Gasteiger partial charge in [-0.05, 0) is 33.3 Å². The van der Waals surface area contributed by atoms with Crippen LogP contribution in [-0.4, -0.2) is 36.1 Å². The van der Waals surface area contributed by atoms with Crippen LogP contribution in [0.15, 0.2) is 18.5 Å². The van der Waals surface area contributed by atoms with E-state index in [2.05, 4.69) is 25.0 Å². The van der Waals surface area contributed by atoms with Crippen LogP contribution in [-0.2, 0) is 13.0 Å². The summed E-state index contributed by atoms with van der Waals surface area (Å²) in [5.41, 5.74) is 3.75. The third-order valence-corrected chi connectivity index (χ3v) is 4.57.